The van der Waals surface area contributed by atoms with Gasteiger partial charge in [-0.3, -0.25) is 0 Å². The zero-order chi connectivity index (χ0) is 10.7. The first kappa shape index (κ1) is 10.3. The number of halogens is 1. The topological polar surface area (TPSA) is 40.5 Å². The summed E-state index contributed by atoms with van der Waals surface area (Å²) in [5.74, 6) is 0.599. The van der Waals surface area contributed by atoms with Crippen LogP contribution in [-0.2, 0) is 0 Å². The molecule has 0 saturated carbocycles. The summed E-state index contributed by atoms with van der Waals surface area (Å²) < 4.78 is 2.49. The molecular formula is C12H10IO2-. The van der Waals surface area contributed by atoms with E-state index in [-0.39, 0.29) is 21.2 Å². The summed E-state index contributed by atoms with van der Waals surface area (Å²) in [7, 11) is 0. The number of hydrogen-bond donors (Lipinski definition) is 2. The van der Waals surface area contributed by atoms with Gasteiger partial charge in [0.15, 0.2) is 0 Å². The van der Waals surface area contributed by atoms with Crippen molar-refractivity contribution in [1.29, 1.82) is 0 Å². The number of aromatic hydroxyl groups is 2. The Hall–Kier alpha value is -1.23. The minimum absolute atomic E-state index is 0.219. The Morgan fingerprint density at radius 1 is 0.600 bits per heavy atom. The van der Waals surface area contributed by atoms with Crippen molar-refractivity contribution >= 4 is 0 Å². The van der Waals surface area contributed by atoms with E-state index in [1.165, 1.54) is 7.14 Å². The summed E-state index contributed by atoms with van der Waals surface area (Å²) in [5, 5.41) is 18.3. The van der Waals surface area contributed by atoms with E-state index >= 15 is 0 Å². The third-order valence-electron chi connectivity index (χ3n) is 1.87. The van der Waals surface area contributed by atoms with Crippen molar-refractivity contribution in [2.45, 2.75) is 0 Å². The molecule has 0 atom stereocenters. The first-order valence-electron chi connectivity index (χ1n) is 4.47. The molecule has 0 aliphatic carbocycles. The van der Waals surface area contributed by atoms with E-state index in [4.69, 9.17) is 10.2 Å². The Bertz CT molecular complexity index is 391. The number of hydrogen-bond acceptors (Lipinski definition) is 2. The molecular weight excluding hydrogens is 303 g/mol. The van der Waals surface area contributed by atoms with Gasteiger partial charge in [0.05, 0.1) is 0 Å². The molecule has 0 radical (unpaired) electrons. The fourth-order valence-corrected chi connectivity index (χ4v) is 3.29. The maximum atomic E-state index is 9.14. The van der Waals surface area contributed by atoms with E-state index < -0.39 is 0 Å². The molecule has 0 saturated heterocycles. The molecule has 78 valence electrons. The van der Waals surface area contributed by atoms with Gasteiger partial charge in [-0.25, -0.2) is 0 Å². The number of rotatable bonds is 2. The SMILES string of the molecule is Oc1ccc([I-]c2ccc(O)cc2)cc1. The van der Waals surface area contributed by atoms with Gasteiger partial charge < -0.3 is 0 Å². The van der Waals surface area contributed by atoms with Gasteiger partial charge in [-0.15, -0.1) is 0 Å². The van der Waals surface area contributed by atoms with E-state index in [0.29, 0.717) is 11.5 Å². The van der Waals surface area contributed by atoms with Crippen LogP contribution in [0.15, 0.2) is 48.5 Å². The Kier molecular flexibility index (Phi) is 3.11. The summed E-state index contributed by atoms with van der Waals surface area (Å²) in [4.78, 5) is 0. The molecule has 2 nitrogen and oxygen atoms in total. The van der Waals surface area contributed by atoms with Gasteiger partial charge >= 0.3 is 98.6 Å². The van der Waals surface area contributed by atoms with Gasteiger partial charge in [-0.1, -0.05) is 0 Å². The average molecular weight is 313 g/mol. The molecule has 0 spiro atoms. The Balaban J connectivity index is 2.15. The quantitative estimate of drug-likeness (QED) is 0.715. The summed E-state index contributed by atoms with van der Waals surface area (Å²) in [6.45, 7) is 0. The van der Waals surface area contributed by atoms with Crippen molar-refractivity contribution in [3.05, 3.63) is 55.7 Å². The van der Waals surface area contributed by atoms with Crippen LogP contribution < -0.4 is 21.2 Å². The van der Waals surface area contributed by atoms with Crippen LogP contribution in [0.4, 0.5) is 0 Å². The number of phenols is 2. The third kappa shape index (κ3) is 2.86. The molecule has 2 N–H and O–H groups in total. The maximum absolute atomic E-state index is 9.14. The summed E-state index contributed by atoms with van der Waals surface area (Å²) in [6, 6.07) is 14.6. The Labute approximate surface area is 98.5 Å². The second kappa shape index (κ2) is 4.53. The van der Waals surface area contributed by atoms with Crippen molar-refractivity contribution in [3.8, 4) is 11.5 Å². The normalized spacial score (nSPS) is 10.4. The molecule has 0 unspecified atom stereocenters. The zero-order valence-corrected chi connectivity index (χ0v) is 10.0. The van der Waals surface area contributed by atoms with Crippen LogP contribution in [0.25, 0.3) is 0 Å². The molecule has 0 aliphatic heterocycles. The monoisotopic (exact) mass is 313 g/mol. The van der Waals surface area contributed by atoms with Gasteiger partial charge in [0, 0.05) is 0 Å². The fraction of sp³-hybridized carbons (Fsp3) is 0. The minimum atomic E-state index is -0.219. The Morgan fingerprint density at radius 2 is 0.933 bits per heavy atom. The first-order valence-corrected chi connectivity index (χ1v) is 6.63. The van der Waals surface area contributed by atoms with E-state index in [2.05, 4.69) is 0 Å². The van der Waals surface area contributed by atoms with Gasteiger partial charge in [0.2, 0.25) is 0 Å². The van der Waals surface area contributed by atoms with E-state index in [9.17, 15) is 0 Å². The summed E-state index contributed by atoms with van der Waals surface area (Å²) in [5.41, 5.74) is 0. The van der Waals surface area contributed by atoms with Gasteiger partial charge in [-0.05, 0) is 0 Å². The van der Waals surface area contributed by atoms with E-state index in [1.807, 2.05) is 24.3 Å². The molecule has 2 aromatic rings. The molecule has 0 amide bonds. The van der Waals surface area contributed by atoms with Crippen LogP contribution in [0.3, 0.4) is 0 Å². The standard InChI is InChI=1S/C12H10IO2/c14-11-5-1-9(2-6-11)13-10-3-7-12(15)8-4-10/h1-8,14-15H/q-1. The van der Waals surface area contributed by atoms with Crippen LogP contribution >= 0.6 is 0 Å². The third-order valence-corrected chi connectivity index (χ3v) is 4.56. The summed E-state index contributed by atoms with van der Waals surface area (Å²) in [6.07, 6.45) is 0. The first-order chi connectivity index (χ1) is 7.24. The molecule has 0 aliphatic rings. The van der Waals surface area contributed by atoms with Crippen molar-refractivity contribution in [3.63, 3.8) is 0 Å². The molecule has 0 heterocycles. The molecule has 15 heavy (non-hydrogen) atoms. The Morgan fingerprint density at radius 3 is 1.27 bits per heavy atom. The molecule has 3 heteroatoms. The number of phenolic OH excluding ortho intramolecular Hbond substituents is 2. The molecule has 2 rings (SSSR count). The van der Waals surface area contributed by atoms with E-state index in [0.717, 1.165) is 0 Å². The molecule has 0 aromatic heterocycles. The van der Waals surface area contributed by atoms with Crippen LogP contribution in [0, 0.1) is 7.14 Å². The van der Waals surface area contributed by atoms with Crippen LogP contribution in [0.5, 0.6) is 11.5 Å². The van der Waals surface area contributed by atoms with Gasteiger partial charge in [0.1, 0.15) is 0 Å². The van der Waals surface area contributed by atoms with Crippen molar-refractivity contribution < 1.29 is 31.4 Å². The summed E-state index contributed by atoms with van der Waals surface area (Å²) >= 11 is -0.219. The predicted molar refractivity (Wildman–Crippen MR) is 53.6 cm³/mol. The second-order valence-electron chi connectivity index (χ2n) is 3.05. The zero-order valence-electron chi connectivity index (χ0n) is 7.89. The fourth-order valence-electron chi connectivity index (χ4n) is 1.13. The van der Waals surface area contributed by atoms with Crippen molar-refractivity contribution in [2.75, 3.05) is 0 Å². The van der Waals surface area contributed by atoms with E-state index in [1.54, 1.807) is 24.3 Å². The second-order valence-corrected chi connectivity index (χ2v) is 6.08. The number of benzene rings is 2. The van der Waals surface area contributed by atoms with Crippen LogP contribution in [0.2, 0.25) is 0 Å². The van der Waals surface area contributed by atoms with Crippen molar-refractivity contribution in [2.24, 2.45) is 0 Å². The van der Waals surface area contributed by atoms with Crippen LogP contribution in [-0.4, -0.2) is 10.2 Å². The van der Waals surface area contributed by atoms with Gasteiger partial charge in [-0.2, -0.15) is 0 Å². The molecule has 0 fully saturated rings. The van der Waals surface area contributed by atoms with Crippen LogP contribution in [0.1, 0.15) is 0 Å². The van der Waals surface area contributed by atoms with Gasteiger partial charge in [0.25, 0.3) is 0 Å². The molecule has 2 aromatic carbocycles. The molecule has 0 bridgehead atoms. The predicted octanol–water partition coefficient (Wildman–Crippen LogP) is -0.774. The average Bonchev–Trinajstić information content (AvgIpc) is 2.25. The van der Waals surface area contributed by atoms with Crippen molar-refractivity contribution in [1.82, 2.24) is 0 Å².